The number of carbonyl (C=O) groups is 1. The van der Waals surface area contributed by atoms with Crippen LogP contribution in [0.4, 0.5) is 0 Å². The summed E-state index contributed by atoms with van der Waals surface area (Å²) in [5, 5.41) is 9.42. The molecule has 2 heteroatoms. The third-order valence-electron chi connectivity index (χ3n) is 8.75. The second kappa shape index (κ2) is 5.98. The van der Waals surface area contributed by atoms with Crippen molar-refractivity contribution in [3.8, 4) is 12.3 Å². The fourth-order valence-electron chi connectivity index (χ4n) is 7.31. The predicted octanol–water partition coefficient (Wildman–Crippen LogP) is 4.38. The predicted molar refractivity (Wildman–Crippen MR) is 99.6 cm³/mol. The van der Waals surface area contributed by atoms with Gasteiger partial charge in [-0.25, -0.2) is 0 Å². The van der Waals surface area contributed by atoms with Crippen LogP contribution in [0.15, 0.2) is 11.6 Å². The molecule has 0 spiro atoms. The van der Waals surface area contributed by atoms with Gasteiger partial charge in [-0.2, -0.15) is 0 Å². The van der Waals surface area contributed by atoms with Crippen molar-refractivity contribution >= 4 is 5.78 Å². The normalized spacial score (nSPS) is 48.8. The van der Waals surface area contributed by atoms with Gasteiger partial charge in [-0.15, -0.1) is 6.42 Å². The molecule has 0 aromatic carbocycles. The van der Waals surface area contributed by atoms with Crippen molar-refractivity contribution in [3.05, 3.63) is 11.6 Å². The van der Waals surface area contributed by atoms with E-state index < -0.39 is 0 Å². The monoisotopic (exact) mass is 340 g/mol. The highest BCUT2D eigenvalue weighted by Gasteiger charge is 2.59. The van der Waals surface area contributed by atoms with E-state index >= 15 is 0 Å². The van der Waals surface area contributed by atoms with Gasteiger partial charge in [0, 0.05) is 24.4 Å². The average molecular weight is 341 g/mol. The van der Waals surface area contributed by atoms with E-state index in [9.17, 15) is 9.90 Å². The number of rotatable bonds is 2. The van der Waals surface area contributed by atoms with E-state index in [-0.39, 0.29) is 23.4 Å². The molecule has 25 heavy (non-hydrogen) atoms. The molecule has 0 heterocycles. The highest BCUT2D eigenvalue weighted by atomic mass is 16.3. The van der Waals surface area contributed by atoms with Crippen LogP contribution in [-0.2, 0) is 4.79 Å². The molecule has 2 nitrogen and oxygen atoms in total. The van der Waals surface area contributed by atoms with Crippen molar-refractivity contribution in [2.24, 2.45) is 40.4 Å². The zero-order valence-corrected chi connectivity index (χ0v) is 15.8. The topological polar surface area (TPSA) is 37.3 Å². The Balaban J connectivity index is 1.68. The molecule has 4 rings (SSSR count). The molecule has 0 aromatic rings. The van der Waals surface area contributed by atoms with E-state index in [0.717, 1.165) is 38.5 Å². The Labute approximate surface area is 152 Å². The molecular weight excluding hydrogens is 308 g/mol. The van der Waals surface area contributed by atoms with E-state index in [1.54, 1.807) is 0 Å². The van der Waals surface area contributed by atoms with Crippen LogP contribution in [0.3, 0.4) is 0 Å². The van der Waals surface area contributed by atoms with Crippen LogP contribution in [0.25, 0.3) is 0 Å². The van der Waals surface area contributed by atoms with Crippen LogP contribution in [0.1, 0.15) is 65.2 Å². The zero-order valence-electron chi connectivity index (χ0n) is 15.8. The largest absolute Gasteiger partial charge is 0.396 e. The molecule has 3 saturated carbocycles. The number of hydrogen-bond acceptors (Lipinski definition) is 2. The van der Waals surface area contributed by atoms with Crippen molar-refractivity contribution in [1.29, 1.82) is 0 Å². The first kappa shape index (κ1) is 17.3. The lowest BCUT2D eigenvalue weighted by atomic mass is 9.46. The van der Waals surface area contributed by atoms with E-state index in [2.05, 4.69) is 25.8 Å². The first-order valence-corrected chi connectivity index (χ1v) is 10.3. The van der Waals surface area contributed by atoms with Gasteiger partial charge in [0.25, 0.3) is 0 Å². The van der Waals surface area contributed by atoms with Gasteiger partial charge in [-0.1, -0.05) is 31.4 Å². The van der Waals surface area contributed by atoms with Crippen molar-refractivity contribution in [3.63, 3.8) is 0 Å². The summed E-state index contributed by atoms with van der Waals surface area (Å²) in [6, 6.07) is 0. The molecule has 0 amide bonds. The molecule has 0 radical (unpaired) electrons. The summed E-state index contributed by atoms with van der Waals surface area (Å²) in [6.45, 7) is 4.93. The van der Waals surface area contributed by atoms with Gasteiger partial charge in [0.05, 0.1) is 0 Å². The summed E-state index contributed by atoms with van der Waals surface area (Å²) >= 11 is 0. The van der Waals surface area contributed by atoms with Gasteiger partial charge in [-0.05, 0) is 74.0 Å². The number of allylic oxidation sites excluding steroid dienone is 2. The Morgan fingerprint density at radius 3 is 2.64 bits per heavy atom. The van der Waals surface area contributed by atoms with Crippen molar-refractivity contribution < 1.29 is 9.90 Å². The molecule has 7 atom stereocenters. The highest BCUT2D eigenvalue weighted by molar-refractivity contribution is 5.87. The number of Topliss-reactive ketones (excluding diaryl/α,β-unsaturated/α-hetero) is 1. The van der Waals surface area contributed by atoms with Crippen LogP contribution in [0.5, 0.6) is 0 Å². The molecule has 0 aliphatic heterocycles. The second-order valence-electron chi connectivity index (χ2n) is 9.56. The molecule has 0 saturated heterocycles. The summed E-state index contributed by atoms with van der Waals surface area (Å²) in [6.07, 6.45) is 16.8. The van der Waals surface area contributed by atoms with E-state index in [1.807, 2.05) is 0 Å². The maximum atomic E-state index is 12.5. The summed E-state index contributed by atoms with van der Waals surface area (Å²) < 4.78 is 0. The van der Waals surface area contributed by atoms with E-state index in [1.165, 1.54) is 18.4 Å². The number of terminal acetylenes is 1. The Kier molecular flexibility index (Phi) is 4.15. The quantitative estimate of drug-likeness (QED) is 0.598. The molecular formula is C23H32O2. The van der Waals surface area contributed by atoms with Crippen LogP contribution >= 0.6 is 0 Å². The maximum Gasteiger partial charge on any atom is 0.139 e. The minimum absolute atomic E-state index is 0.0531. The minimum atomic E-state index is -0.0531. The van der Waals surface area contributed by atoms with Gasteiger partial charge in [0.15, 0.2) is 0 Å². The summed E-state index contributed by atoms with van der Waals surface area (Å²) in [4.78, 5) is 12.5. The Morgan fingerprint density at radius 2 is 1.92 bits per heavy atom. The number of aliphatic hydroxyl groups excluding tert-OH is 1. The van der Waals surface area contributed by atoms with Crippen LogP contribution < -0.4 is 0 Å². The Morgan fingerprint density at radius 1 is 1.20 bits per heavy atom. The lowest BCUT2D eigenvalue weighted by Gasteiger charge is -2.58. The van der Waals surface area contributed by atoms with Gasteiger partial charge in [0.1, 0.15) is 5.78 Å². The van der Waals surface area contributed by atoms with Crippen LogP contribution in [-0.4, -0.2) is 17.5 Å². The van der Waals surface area contributed by atoms with Gasteiger partial charge in [-0.3, -0.25) is 4.79 Å². The van der Waals surface area contributed by atoms with E-state index in [0.29, 0.717) is 29.5 Å². The summed E-state index contributed by atoms with van der Waals surface area (Å²) in [5.74, 6) is 6.16. The van der Waals surface area contributed by atoms with Crippen LogP contribution in [0.2, 0.25) is 0 Å². The molecule has 4 aliphatic carbocycles. The number of fused-ring (bicyclic) bond motifs is 5. The SMILES string of the molecule is C#CC1C2=CC[C@@H]3[C@@H](CC[C@]4(C)C(=O)CC[C@@H]34)[C@@]2(C)CCC1CCO. The highest BCUT2D eigenvalue weighted by Crippen LogP contribution is 2.65. The number of hydrogen-bond donors (Lipinski definition) is 1. The molecule has 136 valence electrons. The standard InChI is InChI=1S/C23H32O2/c1-4-16-15(11-14-24)9-12-22(2)18(16)6-5-17-19-7-8-21(25)23(19,3)13-10-20(17)22/h1,6,15-17,19-20,24H,5,7-14H2,2-3H3/t15?,16?,17-,19-,20+,22-,23-/m0/s1. The summed E-state index contributed by atoms with van der Waals surface area (Å²) in [5.41, 5.74) is 1.65. The Hall–Kier alpha value is -1.07. The Bertz CT molecular complexity index is 641. The molecule has 1 N–H and O–H groups in total. The lowest BCUT2D eigenvalue weighted by Crippen LogP contribution is -2.51. The number of ketones is 1. The van der Waals surface area contributed by atoms with Crippen LogP contribution in [0, 0.1) is 52.8 Å². The second-order valence-corrected chi connectivity index (χ2v) is 9.56. The first-order chi connectivity index (χ1) is 12.0. The zero-order chi connectivity index (χ0) is 17.8. The molecule has 2 unspecified atom stereocenters. The van der Waals surface area contributed by atoms with Crippen molar-refractivity contribution in [2.45, 2.75) is 65.2 Å². The third-order valence-corrected chi connectivity index (χ3v) is 8.75. The molecule has 3 fully saturated rings. The van der Waals surface area contributed by atoms with Gasteiger partial charge in [0.2, 0.25) is 0 Å². The van der Waals surface area contributed by atoms with Gasteiger partial charge >= 0.3 is 0 Å². The fraction of sp³-hybridized carbons (Fsp3) is 0.783. The third kappa shape index (κ3) is 2.31. The molecule has 0 bridgehead atoms. The number of carbonyl (C=O) groups excluding carboxylic acids is 1. The van der Waals surface area contributed by atoms with Crippen molar-refractivity contribution in [1.82, 2.24) is 0 Å². The van der Waals surface area contributed by atoms with E-state index in [4.69, 9.17) is 6.42 Å². The number of aliphatic hydroxyl groups is 1. The summed E-state index contributed by atoms with van der Waals surface area (Å²) in [7, 11) is 0. The van der Waals surface area contributed by atoms with Crippen molar-refractivity contribution in [2.75, 3.05) is 6.61 Å². The first-order valence-electron chi connectivity index (χ1n) is 10.3. The molecule has 0 aromatic heterocycles. The minimum Gasteiger partial charge on any atom is -0.396 e. The average Bonchev–Trinajstić information content (AvgIpc) is 2.90. The maximum absolute atomic E-state index is 12.5. The van der Waals surface area contributed by atoms with Gasteiger partial charge < -0.3 is 5.11 Å². The smallest absolute Gasteiger partial charge is 0.139 e. The lowest BCUT2D eigenvalue weighted by molar-refractivity contribution is -0.132. The molecule has 4 aliphatic rings. The fourth-order valence-corrected chi connectivity index (χ4v) is 7.31.